The molecule has 2 aromatic heterocycles. The van der Waals surface area contributed by atoms with Gasteiger partial charge in [0.25, 0.3) is 0 Å². The van der Waals surface area contributed by atoms with E-state index in [-0.39, 0.29) is 6.42 Å². The van der Waals surface area contributed by atoms with E-state index in [0.29, 0.717) is 13.0 Å². The first-order valence-electron chi connectivity index (χ1n) is 10.9. The minimum absolute atomic E-state index is 0.138. The topological polar surface area (TPSA) is 72.3 Å². The summed E-state index contributed by atoms with van der Waals surface area (Å²) in [4.78, 5) is 20.9. The molecular weight excluding hydrogens is 432 g/mol. The molecule has 33 heavy (non-hydrogen) atoms. The molecule has 168 valence electrons. The molecule has 0 amide bonds. The van der Waals surface area contributed by atoms with Crippen molar-refractivity contribution in [1.82, 2.24) is 9.97 Å². The number of thiazole rings is 1. The molecule has 0 fully saturated rings. The van der Waals surface area contributed by atoms with Gasteiger partial charge >= 0.3 is 5.97 Å². The van der Waals surface area contributed by atoms with Crippen LogP contribution in [0.25, 0.3) is 21.7 Å². The number of carboxylic acid groups (broad SMARTS) is 1. The van der Waals surface area contributed by atoms with E-state index in [1.54, 1.807) is 23.7 Å². The van der Waals surface area contributed by atoms with Crippen LogP contribution in [0.3, 0.4) is 0 Å². The van der Waals surface area contributed by atoms with Gasteiger partial charge in [0, 0.05) is 35.7 Å². The van der Waals surface area contributed by atoms with Crippen molar-refractivity contribution in [3.8, 4) is 27.4 Å². The standard InChI is InChI=1S/C27H26N2O3S/c1-18-17-24(9-7-20(18)8-10-26(30)31)32-16-13-25-19(2)33-27(29-25)23-5-3-21(4-6-23)22-11-14-28-15-12-22/h3-7,9,11-12,14-15,17H,8,10,13,16H2,1-2H3,(H,30,31). The third-order valence-corrected chi connectivity index (χ3v) is 6.63. The van der Waals surface area contributed by atoms with E-state index in [1.807, 2.05) is 37.3 Å². The number of pyridine rings is 1. The van der Waals surface area contributed by atoms with Crippen LogP contribution in [0.1, 0.15) is 28.1 Å². The van der Waals surface area contributed by atoms with Crippen LogP contribution in [0, 0.1) is 13.8 Å². The summed E-state index contributed by atoms with van der Waals surface area (Å²) >= 11 is 1.70. The summed E-state index contributed by atoms with van der Waals surface area (Å²) in [6, 6.07) is 18.3. The van der Waals surface area contributed by atoms with Crippen LogP contribution in [-0.4, -0.2) is 27.7 Å². The average Bonchev–Trinajstić information content (AvgIpc) is 3.19. The van der Waals surface area contributed by atoms with Gasteiger partial charge in [-0.05, 0) is 66.8 Å². The number of hydrogen-bond donors (Lipinski definition) is 1. The third kappa shape index (κ3) is 5.84. The lowest BCUT2D eigenvalue weighted by Gasteiger charge is -2.09. The number of hydrogen-bond acceptors (Lipinski definition) is 5. The highest BCUT2D eigenvalue weighted by molar-refractivity contribution is 7.15. The zero-order valence-electron chi connectivity index (χ0n) is 18.7. The molecule has 5 nitrogen and oxygen atoms in total. The van der Waals surface area contributed by atoms with E-state index in [0.717, 1.165) is 50.7 Å². The van der Waals surface area contributed by atoms with Crippen LogP contribution in [-0.2, 0) is 17.6 Å². The maximum absolute atomic E-state index is 10.8. The predicted octanol–water partition coefficient (Wildman–Crippen LogP) is 6.13. The SMILES string of the molecule is Cc1cc(OCCc2nc(-c3ccc(-c4ccncc4)cc3)sc2C)ccc1CCC(=O)O. The summed E-state index contributed by atoms with van der Waals surface area (Å²) in [6.07, 6.45) is 5.01. The Labute approximate surface area is 197 Å². The highest BCUT2D eigenvalue weighted by Crippen LogP contribution is 2.30. The predicted molar refractivity (Wildman–Crippen MR) is 132 cm³/mol. The van der Waals surface area contributed by atoms with E-state index >= 15 is 0 Å². The quantitative estimate of drug-likeness (QED) is 0.327. The van der Waals surface area contributed by atoms with Crippen molar-refractivity contribution >= 4 is 17.3 Å². The van der Waals surface area contributed by atoms with Crippen molar-refractivity contribution < 1.29 is 14.6 Å². The van der Waals surface area contributed by atoms with Gasteiger partial charge in [0.2, 0.25) is 0 Å². The number of rotatable bonds is 9. The Morgan fingerprint density at radius 1 is 0.939 bits per heavy atom. The smallest absolute Gasteiger partial charge is 0.303 e. The van der Waals surface area contributed by atoms with Crippen molar-refractivity contribution in [2.45, 2.75) is 33.1 Å². The van der Waals surface area contributed by atoms with Crippen molar-refractivity contribution in [2.75, 3.05) is 6.61 Å². The Balaban J connectivity index is 1.36. The monoisotopic (exact) mass is 458 g/mol. The van der Waals surface area contributed by atoms with E-state index < -0.39 is 5.97 Å². The van der Waals surface area contributed by atoms with Crippen LogP contribution >= 0.6 is 11.3 Å². The maximum Gasteiger partial charge on any atom is 0.303 e. The lowest BCUT2D eigenvalue weighted by molar-refractivity contribution is -0.136. The van der Waals surface area contributed by atoms with Gasteiger partial charge in [-0.1, -0.05) is 30.3 Å². The minimum atomic E-state index is -0.780. The first-order chi connectivity index (χ1) is 16.0. The fourth-order valence-corrected chi connectivity index (χ4v) is 4.64. The molecule has 0 aliphatic rings. The third-order valence-electron chi connectivity index (χ3n) is 5.57. The molecule has 2 heterocycles. The number of aromatic nitrogens is 2. The molecular formula is C27H26N2O3S. The molecule has 0 spiro atoms. The van der Waals surface area contributed by atoms with E-state index in [2.05, 4.69) is 36.2 Å². The fourth-order valence-electron chi connectivity index (χ4n) is 3.68. The molecule has 0 atom stereocenters. The van der Waals surface area contributed by atoms with Gasteiger partial charge in [-0.2, -0.15) is 0 Å². The van der Waals surface area contributed by atoms with Gasteiger partial charge in [-0.3, -0.25) is 9.78 Å². The second-order valence-corrected chi connectivity index (χ2v) is 9.12. The highest BCUT2D eigenvalue weighted by atomic mass is 32.1. The van der Waals surface area contributed by atoms with Crippen LogP contribution in [0.15, 0.2) is 67.0 Å². The number of carboxylic acids is 1. The van der Waals surface area contributed by atoms with E-state index in [9.17, 15) is 4.79 Å². The van der Waals surface area contributed by atoms with Crippen LogP contribution in [0.4, 0.5) is 0 Å². The van der Waals surface area contributed by atoms with Gasteiger partial charge in [0.15, 0.2) is 0 Å². The number of nitrogens with zero attached hydrogens (tertiary/aromatic N) is 2. The second-order valence-electron chi connectivity index (χ2n) is 7.92. The van der Waals surface area contributed by atoms with Crippen molar-refractivity contribution in [2.24, 2.45) is 0 Å². The molecule has 4 rings (SSSR count). The number of carbonyl (C=O) groups is 1. The summed E-state index contributed by atoms with van der Waals surface area (Å²) in [5, 5.41) is 9.89. The number of aryl methyl sites for hydroxylation is 3. The molecule has 0 saturated heterocycles. The van der Waals surface area contributed by atoms with E-state index in [4.69, 9.17) is 14.8 Å². The molecule has 0 aliphatic heterocycles. The average molecular weight is 459 g/mol. The minimum Gasteiger partial charge on any atom is -0.493 e. The molecule has 0 saturated carbocycles. The number of benzene rings is 2. The van der Waals surface area contributed by atoms with Crippen LogP contribution < -0.4 is 4.74 Å². The molecule has 4 aromatic rings. The Bertz CT molecular complexity index is 1230. The lowest BCUT2D eigenvalue weighted by Crippen LogP contribution is -2.04. The van der Waals surface area contributed by atoms with Gasteiger partial charge in [0.1, 0.15) is 10.8 Å². The van der Waals surface area contributed by atoms with Gasteiger partial charge in [-0.25, -0.2) is 4.98 Å². The summed E-state index contributed by atoms with van der Waals surface area (Å²) < 4.78 is 5.95. The van der Waals surface area contributed by atoms with Crippen molar-refractivity contribution in [3.05, 3.63) is 88.7 Å². The number of aliphatic carboxylic acids is 1. The molecule has 0 aliphatic carbocycles. The summed E-state index contributed by atoms with van der Waals surface area (Å²) in [7, 11) is 0. The van der Waals surface area contributed by atoms with Gasteiger partial charge in [-0.15, -0.1) is 11.3 Å². The zero-order chi connectivity index (χ0) is 23.2. The molecule has 0 unspecified atom stereocenters. The zero-order valence-corrected chi connectivity index (χ0v) is 19.6. The van der Waals surface area contributed by atoms with Gasteiger partial charge < -0.3 is 9.84 Å². The summed E-state index contributed by atoms with van der Waals surface area (Å²) in [5.41, 5.74) is 6.57. The summed E-state index contributed by atoms with van der Waals surface area (Å²) in [6.45, 7) is 4.63. The lowest BCUT2D eigenvalue weighted by atomic mass is 10.0. The van der Waals surface area contributed by atoms with Crippen LogP contribution in [0.5, 0.6) is 5.75 Å². The summed E-state index contributed by atoms with van der Waals surface area (Å²) in [5.74, 6) is 0.0174. The Morgan fingerprint density at radius 3 is 2.33 bits per heavy atom. The van der Waals surface area contributed by atoms with Crippen molar-refractivity contribution in [1.29, 1.82) is 0 Å². The van der Waals surface area contributed by atoms with Crippen molar-refractivity contribution in [3.63, 3.8) is 0 Å². The Kier molecular flexibility index (Phi) is 7.15. The molecule has 1 N–H and O–H groups in total. The molecule has 0 radical (unpaired) electrons. The van der Waals surface area contributed by atoms with E-state index in [1.165, 1.54) is 4.88 Å². The number of ether oxygens (including phenoxy) is 1. The Morgan fingerprint density at radius 2 is 1.64 bits per heavy atom. The fraction of sp³-hybridized carbons (Fsp3) is 0.222. The largest absolute Gasteiger partial charge is 0.493 e. The highest BCUT2D eigenvalue weighted by Gasteiger charge is 2.11. The molecule has 0 bridgehead atoms. The molecule has 2 aromatic carbocycles. The normalized spacial score (nSPS) is 10.8. The van der Waals surface area contributed by atoms with Gasteiger partial charge in [0.05, 0.1) is 12.3 Å². The molecule has 6 heteroatoms. The van der Waals surface area contributed by atoms with Crippen LogP contribution in [0.2, 0.25) is 0 Å². The maximum atomic E-state index is 10.8. The Hall–Kier alpha value is -3.51. The first-order valence-corrected chi connectivity index (χ1v) is 11.7. The first kappa shape index (κ1) is 22.7. The second kappa shape index (κ2) is 10.4.